The summed E-state index contributed by atoms with van der Waals surface area (Å²) in [5.74, 6) is 2.57. The molecular weight excluding hydrogens is 449 g/mol. The van der Waals surface area contributed by atoms with Gasteiger partial charge in [0.15, 0.2) is 0 Å². The van der Waals surface area contributed by atoms with E-state index in [1.165, 1.54) is 4.90 Å². The molecule has 0 aliphatic rings. The van der Waals surface area contributed by atoms with E-state index in [0.717, 1.165) is 38.4 Å². The van der Waals surface area contributed by atoms with E-state index in [4.69, 9.17) is 0 Å². The molecule has 1 aromatic carbocycles. The first-order chi connectivity index (χ1) is 9.69. The first kappa shape index (κ1) is 16.0. The first-order valence-corrected chi connectivity index (χ1v) is 9.18. The Morgan fingerprint density at radius 3 is 2.75 bits per heavy atom. The topological polar surface area (TPSA) is 37.8 Å². The van der Waals surface area contributed by atoms with Crippen LogP contribution < -0.4 is 5.32 Å². The number of thioether (sulfide) groups is 1. The standard InChI is InChI=1S/C14H15BrIN3S/c1-2-7-17-14-12(16)8-18-13(19-14)9-20-11-5-3-10(15)4-6-11/h3-6,8H,2,7,9H2,1H3,(H,17,18,19). The average Bonchev–Trinajstić information content (AvgIpc) is 2.46. The molecule has 2 rings (SSSR count). The minimum absolute atomic E-state index is 0.777. The van der Waals surface area contributed by atoms with Gasteiger partial charge >= 0.3 is 0 Å². The molecular formula is C14H15BrIN3S. The van der Waals surface area contributed by atoms with Gasteiger partial charge in [0, 0.05) is 22.1 Å². The highest BCUT2D eigenvalue weighted by atomic mass is 127. The third-order valence-electron chi connectivity index (χ3n) is 2.52. The van der Waals surface area contributed by atoms with Crippen molar-refractivity contribution in [3.05, 3.63) is 44.3 Å². The van der Waals surface area contributed by atoms with Crippen molar-refractivity contribution in [2.75, 3.05) is 11.9 Å². The molecule has 3 nitrogen and oxygen atoms in total. The highest BCUT2D eigenvalue weighted by Crippen LogP contribution is 2.24. The average molecular weight is 464 g/mol. The smallest absolute Gasteiger partial charge is 0.143 e. The monoisotopic (exact) mass is 463 g/mol. The Hall–Kier alpha value is -0.340. The number of nitrogens with zero attached hydrogens (tertiary/aromatic N) is 2. The van der Waals surface area contributed by atoms with Gasteiger partial charge in [-0.15, -0.1) is 11.8 Å². The van der Waals surface area contributed by atoms with Crippen molar-refractivity contribution in [3.8, 4) is 0 Å². The third kappa shape index (κ3) is 4.89. The highest BCUT2D eigenvalue weighted by molar-refractivity contribution is 14.1. The van der Waals surface area contributed by atoms with Crippen LogP contribution in [0.2, 0.25) is 0 Å². The van der Waals surface area contributed by atoms with E-state index in [-0.39, 0.29) is 0 Å². The van der Waals surface area contributed by atoms with Gasteiger partial charge in [0.25, 0.3) is 0 Å². The van der Waals surface area contributed by atoms with E-state index in [1.54, 1.807) is 11.8 Å². The molecule has 0 spiro atoms. The predicted molar refractivity (Wildman–Crippen MR) is 97.2 cm³/mol. The summed E-state index contributed by atoms with van der Waals surface area (Å²) in [5, 5.41) is 3.33. The fraction of sp³-hybridized carbons (Fsp3) is 0.286. The summed E-state index contributed by atoms with van der Waals surface area (Å²) in [5.41, 5.74) is 0. The Morgan fingerprint density at radius 1 is 1.30 bits per heavy atom. The summed E-state index contributed by atoms with van der Waals surface area (Å²) in [6.07, 6.45) is 2.96. The van der Waals surface area contributed by atoms with Crippen LogP contribution in [-0.4, -0.2) is 16.5 Å². The fourth-order valence-electron chi connectivity index (χ4n) is 1.52. The third-order valence-corrected chi connectivity index (χ3v) is 4.84. The Labute approximate surface area is 145 Å². The largest absolute Gasteiger partial charge is 0.369 e. The molecule has 0 aliphatic heterocycles. The molecule has 20 heavy (non-hydrogen) atoms. The van der Waals surface area contributed by atoms with E-state index in [2.05, 4.69) is 72.9 Å². The molecule has 2 aromatic rings. The zero-order valence-electron chi connectivity index (χ0n) is 11.1. The molecule has 6 heteroatoms. The molecule has 1 heterocycles. The van der Waals surface area contributed by atoms with Crippen molar-refractivity contribution in [1.29, 1.82) is 0 Å². The zero-order chi connectivity index (χ0) is 14.4. The summed E-state index contributed by atoms with van der Waals surface area (Å²) in [6, 6.07) is 8.28. The summed E-state index contributed by atoms with van der Waals surface area (Å²) >= 11 is 7.45. The van der Waals surface area contributed by atoms with Crippen LogP contribution >= 0.6 is 50.3 Å². The summed E-state index contributed by atoms with van der Waals surface area (Å²) in [6.45, 7) is 3.08. The molecule has 0 saturated heterocycles. The second kappa shape index (κ2) is 8.19. The number of rotatable bonds is 6. The second-order valence-electron chi connectivity index (χ2n) is 4.15. The van der Waals surface area contributed by atoms with Gasteiger partial charge in [-0.05, 0) is 53.3 Å². The minimum atomic E-state index is 0.777. The maximum Gasteiger partial charge on any atom is 0.143 e. The highest BCUT2D eigenvalue weighted by Gasteiger charge is 2.05. The van der Waals surface area contributed by atoms with Crippen LogP contribution in [0.5, 0.6) is 0 Å². The molecule has 0 saturated carbocycles. The minimum Gasteiger partial charge on any atom is -0.369 e. The van der Waals surface area contributed by atoms with E-state index < -0.39 is 0 Å². The normalized spacial score (nSPS) is 10.6. The maximum absolute atomic E-state index is 4.58. The summed E-state index contributed by atoms with van der Waals surface area (Å²) in [7, 11) is 0. The molecule has 0 aliphatic carbocycles. The maximum atomic E-state index is 4.58. The number of nitrogens with one attached hydrogen (secondary N) is 1. The molecule has 106 valence electrons. The van der Waals surface area contributed by atoms with Crippen LogP contribution in [0.1, 0.15) is 19.2 Å². The van der Waals surface area contributed by atoms with Crippen LogP contribution in [0, 0.1) is 3.57 Å². The number of anilines is 1. The van der Waals surface area contributed by atoms with Crippen LogP contribution in [-0.2, 0) is 5.75 Å². The van der Waals surface area contributed by atoms with Crippen molar-refractivity contribution >= 4 is 56.1 Å². The van der Waals surface area contributed by atoms with E-state index in [0.29, 0.717) is 0 Å². The number of hydrogen-bond donors (Lipinski definition) is 1. The van der Waals surface area contributed by atoms with Crippen LogP contribution in [0.15, 0.2) is 39.8 Å². The van der Waals surface area contributed by atoms with E-state index in [1.807, 2.05) is 18.3 Å². The number of hydrogen-bond acceptors (Lipinski definition) is 4. The van der Waals surface area contributed by atoms with Crippen molar-refractivity contribution in [3.63, 3.8) is 0 Å². The van der Waals surface area contributed by atoms with Crippen LogP contribution in [0.3, 0.4) is 0 Å². The zero-order valence-corrected chi connectivity index (χ0v) is 15.6. The van der Waals surface area contributed by atoms with Gasteiger partial charge in [0.1, 0.15) is 11.6 Å². The van der Waals surface area contributed by atoms with Crippen molar-refractivity contribution < 1.29 is 0 Å². The molecule has 0 amide bonds. The molecule has 0 bridgehead atoms. The van der Waals surface area contributed by atoms with Crippen molar-refractivity contribution in [1.82, 2.24) is 9.97 Å². The molecule has 1 aromatic heterocycles. The SMILES string of the molecule is CCCNc1nc(CSc2ccc(Br)cc2)ncc1I. The molecule has 0 unspecified atom stereocenters. The van der Waals surface area contributed by atoms with Gasteiger partial charge in [-0.3, -0.25) is 0 Å². The number of aromatic nitrogens is 2. The second-order valence-corrected chi connectivity index (χ2v) is 7.28. The number of benzene rings is 1. The van der Waals surface area contributed by atoms with Crippen molar-refractivity contribution in [2.24, 2.45) is 0 Å². The summed E-state index contributed by atoms with van der Waals surface area (Å²) in [4.78, 5) is 10.2. The lowest BCUT2D eigenvalue weighted by molar-refractivity contribution is 0.946. The Kier molecular flexibility index (Phi) is 6.57. The Balaban J connectivity index is 2.00. The fourth-order valence-corrected chi connectivity index (χ4v) is 3.00. The molecule has 1 N–H and O–H groups in total. The lowest BCUT2D eigenvalue weighted by Crippen LogP contribution is -2.06. The van der Waals surface area contributed by atoms with Crippen molar-refractivity contribution in [2.45, 2.75) is 24.0 Å². The number of halogens is 2. The van der Waals surface area contributed by atoms with Gasteiger partial charge in [-0.2, -0.15) is 0 Å². The van der Waals surface area contributed by atoms with Gasteiger partial charge in [-0.25, -0.2) is 9.97 Å². The van der Waals surface area contributed by atoms with Gasteiger partial charge < -0.3 is 5.32 Å². The first-order valence-electron chi connectivity index (χ1n) is 6.32. The van der Waals surface area contributed by atoms with Crippen LogP contribution in [0.4, 0.5) is 5.82 Å². The van der Waals surface area contributed by atoms with E-state index >= 15 is 0 Å². The Morgan fingerprint density at radius 2 is 2.05 bits per heavy atom. The molecule has 0 fully saturated rings. The van der Waals surface area contributed by atoms with Gasteiger partial charge in [-0.1, -0.05) is 22.9 Å². The Bertz CT molecular complexity index is 563. The summed E-state index contributed by atoms with van der Waals surface area (Å²) < 4.78 is 2.16. The van der Waals surface area contributed by atoms with Gasteiger partial charge in [0.05, 0.1) is 9.32 Å². The quantitative estimate of drug-likeness (QED) is 0.485. The van der Waals surface area contributed by atoms with Crippen LogP contribution in [0.25, 0.3) is 0 Å². The molecule has 0 atom stereocenters. The van der Waals surface area contributed by atoms with Gasteiger partial charge in [0.2, 0.25) is 0 Å². The molecule has 0 radical (unpaired) electrons. The van der Waals surface area contributed by atoms with E-state index in [9.17, 15) is 0 Å². The predicted octanol–water partition coefficient (Wildman–Crippen LogP) is 4.96. The lowest BCUT2D eigenvalue weighted by Gasteiger charge is -2.08. The lowest BCUT2D eigenvalue weighted by atomic mass is 10.4.